The van der Waals surface area contributed by atoms with Gasteiger partial charge in [-0.1, -0.05) is 26.0 Å². The largest absolute Gasteiger partial charge is 0.497 e. The summed E-state index contributed by atoms with van der Waals surface area (Å²) in [6.07, 6.45) is -1.47. The lowest BCUT2D eigenvalue weighted by atomic mass is 9.81. The van der Waals surface area contributed by atoms with Gasteiger partial charge in [-0.3, -0.25) is 14.7 Å². The number of hydrogen-bond acceptors (Lipinski definition) is 5. The van der Waals surface area contributed by atoms with Crippen LogP contribution in [0.4, 0.5) is 14.6 Å². The fraction of sp³-hybridized carbons (Fsp3) is 0.292. The summed E-state index contributed by atoms with van der Waals surface area (Å²) in [5.74, 6) is -1.96. The highest BCUT2D eigenvalue weighted by molar-refractivity contribution is 5.97. The van der Waals surface area contributed by atoms with Gasteiger partial charge in [0.2, 0.25) is 5.91 Å². The van der Waals surface area contributed by atoms with Crippen molar-refractivity contribution in [1.29, 1.82) is 0 Å². The van der Waals surface area contributed by atoms with Crippen molar-refractivity contribution in [2.75, 3.05) is 12.4 Å². The SMILES string of the molecule is COc1ccc([C@H](O)C(=O)N[C@@H](C)C(=O)Nc2cc(C(C)(C)c3cc(F)cc(F)c3)[nH]n2)cc1. The second-order valence-electron chi connectivity index (χ2n) is 8.35. The molecule has 10 heteroatoms. The molecule has 0 bridgehead atoms. The molecule has 3 rings (SSSR count). The predicted octanol–water partition coefficient (Wildman–Crippen LogP) is 3.20. The maximum Gasteiger partial charge on any atom is 0.254 e. The van der Waals surface area contributed by atoms with E-state index in [-0.39, 0.29) is 5.82 Å². The third-order valence-corrected chi connectivity index (χ3v) is 5.52. The number of halogens is 2. The molecule has 0 radical (unpaired) electrons. The number of methoxy groups -OCH3 is 1. The van der Waals surface area contributed by atoms with E-state index in [0.717, 1.165) is 6.07 Å². The number of carbonyl (C=O) groups excluding carboxylic acids is 2. The zero-order valence-electron chi connectivity index (χ0n) is 19.1. The third-order valence-electron chi connectivity index (χ3n) is 5.52. The molecule has 2 atom stereocenters. The monoisotopic (exact) mass is 472 g/mol. The molecule has 2 amide bonds. The first kappa shape index (κ1) is 24.8. The molecule has 0 spiro atoms. The van der Waals surface area contributed by atoms with Crippen LogP contribution in [-0.2, 0) is 15.0 Å². The smallest absolute Gasteiger partial charge is 0.254 e. The van der Waals surface area contributed by atoms with E-state index in [2.05, 4.69) is 20.8 Å². The Kier molecular flexibility index (Phi) is 7.31. The summed E-state index contributed by atoms with van der Waals surface area (Å²) in [7, 11) is 1.50. The Balaban J connectivity index is 1.63. The highest BCUT2D eigenvalue weighted by Gasteiger charge is 2.28. The number of aliphatic hydroxyl groups excluding tert-OH is 1. The Labute approximate surface area is 195 Å². The van der Waals surface area contributed by atoms with Crippen LogP contribution in [-0.4, -0.2) is 40.3 Å². The van der Waals surface area contributed by atoms with Gasteiger partial charge in [0.15, 0.2) is 11.9 Å². The maximum atomic E-state index is 13.7. The van der Waals surface area contributed by atoms with Crippen LogP contribution in [0.15, 0.2) is 48.5 Å². The average Bonchev–Trinajstić information content (AvgIpc) is 3.27. The first-order chi connectivity index (χ1) is 16.0. The molecule has 1 heterocycles. The van der Waals surface area contributed by atoms with Gasteiger partial charge in [-0.05, 0) is 42.3 Å². The molecular formula is C24H26F2N4O4. The molecule has 0 aliphatic rings. The number of nitrogens with one attached hydrogen (secondary N) is 3. The molecule has 3 aromatic rings. The zero-order chi connectivity index (χ0) is 25.0. The van der Waals surface area contributed by atoms with E-state index >= 15 is 0 Å². The Morgan fingerprint density at radius 2 is 1.68 bits per heavy atom. The van der Waals surface area contributed by atoms with Gasteiger partial charge in [0.05, 0.1) is 7.11 Å². The summed E-state index contributed by atoms with van der Waals surface area (Å²) < 4.78 is 32.4. The van der Waals surface area contributed by atoms with Crippen LogP contribution in [0.5, 0.6) is 5.75 Å². The Bertz CT molecular complexity index is 1160. The van der Waals surface area contributed by atoms with Gasteiger partial charge in [-0.2, -0.15) is 5.10 Å². The van der Waals surface area contributed by atoms with Crippen LogP contribution >= 0.6 is 0 Å². The quantitative estimate of drug-likeness (QED) is 0.402. The lowest BCUT2D eigenvalue weighted by molar-refractivity contribution is -0.132. The number of ether oxygens (including phenoxy) is 1. The highest BCUT2D eigenvalue weighted by Crippen LogP contribution is 2.32. The molecular weight excluding hydrogens is 446 g/mol. The van der Waals surface area contributed by atoms with E-state index in [1.165, 1.54) is 26.2 Å². The fourth-order valence-electron chi connectivity index (χ4n) is 3.31. The van der Waals surface area contributed by atoms with Crippen molar-refractivity contribution in [3.05, 3.63) is 77.0 Å². The van der Waals surface area contributed by atoms with Crippen molar-refractivity contribution in [1.82, 2.24) is 15.5 Å². The summed E-state index contributed by atoms with van der Waals surface area (Å²) in [4.78, 5) is 24.9. The number of rotatable bonds is 8. The van der Waals surface area contributed by atoms with Crippen LogP contribution < -0.4 is 15.4 Å². The summed E-state index contributed by atoms with van der Waals surface area (Å²) in [5.41, 5.74) is 0.416. The normalized spacial score (nSPS) is 13.1. The number of anilines is 1. The minimum absolute atomic E-state index is 0.168. The molecule has 0 saturated carbocycles. The zero-order valence-corrected chi connectivity index (χ0v) is 19.1. The molecule has 0 unspecified atom stereocenters. The number of aliphatic hydroxyl groups is 1. The number of benzene rings is 2. The van der Waals surface area contributed by atoms with Gasteiger partial charge < -0.3 is 20.5 Å². The van der Waals surface area contributed by atoms with Crippen LogP contribution in [0, 0.1) is 11.6 Å². The lowest BCUT2D eigenvalue weighted by Crippen LogP contribution is -2.43. The molecule has 0 fully saturated rings. The minimum Gasteiger partial charge on any atom is -0.497 e. The summed E-state index contributed by atoms with van der Waals surface area (Å²) >= 11 is 0. The molecule has 4 N–H and O–H groups in total. The highest BCUT2D eigenvalue weighted by atomic mass is 19.1. The van der Waals surface area contributed by atoms with Crippen LogP contribution in [0.25, 0.3) is 0 Å². The van der Waals surface area contributed by atoms with Gasteiger partial charge in [-0.25, -0.2) is 8.78 Å². The van der Waals surface area contributed by atoms with E-state index < -0.39 is 41.0 Å². The van der Waals surface area contributed by atoms with Gasteiger partial charge in [0.25, 0.3) is 5.91 Å². The standard InChI is InChI=1S/C24H26F2N4O4/c1-13(27-23(33)21(31)14-5-7-18(34-4)8-6-14)22(32)28-20-12-19(29-30-20)24(2,3)15-9-16(25)11-17(26)10-15/h5-13,21,31H,1-4H3,(H,27,33)(H2,28,29,30,32)/t13-,21-/m0/s1. The average molecular weight is 472 g/mol. The van der Waals surface area contributed by atoms with Crippen LogP contribution in [0.2, 0.25) is 0 Å². The van der Waals surface area contributed by atoms with Crippen LogP contribution in [0.1, 0.15) is 43.7 Å². The van der Waals surface area contributed by atoms with Crippen molar-refractivity contribution in [3.63, 3.8) is 0 Å². The molecule has 1 aromatic heterocycles. The molecule has 0 saturated heterocycles. The molecule has 2 aromatic carbocycles. The third kappa shape index (κ3) is 5.57. The van der Waals surface area contributed by atoms with Crippen LogP contribution in [0.3, 0.4) is 0 Å². The van der Waals surface area contributed by atoms with Crippen molar-refractivity contribution in [3.8, 4) is 5.75 Å². The van der Waals surface area contributed by atoms with Gasteiger partial charge in [0.1, 0.15) is 23.4 Å². The first-order valence-electron chi connectivity index (χ1n) is 10.5. The predicted molar refractivity (Wildman–Crippen MR) is 121 cm³/mol. The van der Waals surface area contributed by atoms with E-state index in [0.29, 0.717) is 22.6 Å². The second kappa shape index (κ2) is 10.0. The van der Waals surface area contributed by atoms with Gasteiger partial charge >= 0.3 is 0 Å². The van der Waals surface area contributed by atoms with Crippen molar-refractivity contribution >= 4 is 17.6 Å². The number of H-pyrrole nitrogens is 1. The minimum atomic E-state index is -1.47. The number of carbonyl (C=O) groups is 2. The van der Waals surface area contributed by atoms with Gasteiger partial charge in [-0.15, -0.1) is 0 Å². The topological polar surface area (TPSA) is 116 Å². The Hall–Kier alpha value is -3.79. The number of aromatic amines is 1. The fourth-order valence-corrected chi connectivity index (χ4v) is 3.31. The van der Waals surface area contributed by atoms with E-state index in [9.17, 15) is 23.5 Å². The summed E-state index contributed by atoms with van der Waals surface area (Å²) in [6, 6.07) is 10.1. The second-order valence-corrected chi connectivity index (χ2v) is 8.35. The Morgan fingerprint density at radius 1 is 1.06 bits per heavy atom. The lowest BCUT2D eigenvalue weighted by Gasteiger charge is -2.23. The molecule has 34 heavy (non-hydrogen) atoms. The molecule has 0 aliphatic heterocycles. The number of hydrogen-bond donors (Lipinski definition) is 4. The maximum absolute atomic E-state index is 13.7. The van der Waals surface area contributed by atoms with Crippen molar-refractivity contribution in [2.45, 2.75) is 38.3 Å². The van der Waals surface area contributed by atoms with Crippen molar-refractivity contribution < 1.29 is 28.2 Å². The first-order valence-corrected chi connectivity index (χ1v) is 10.5. The van der Waals surface area contributed by atoms with Crippen molar-refractivity contribution in [2.24, 2.45) is 0 Å². The summed E-state index contributed by atoms with van der Waals surface area (Å²) in [6.45, 7) is 4.97. The number of nitrogens with zero attached hydrogens (tertiary/aromatic N) is 1. The van der Waals surface area contributed by atoms with Gasteiger partial charge in [0, 0.05) is 23.2 Å². The van der Waals surface area contributed by atoms with E-state index in [1.807, 2.05) is 0 Å². The van der Waals surface area contributed by atoms with E-state index in [4.69, 9.17) is 4.74 Å². The number of amides is 2. The van der Waals surface area contributed by atoms with E-state index in [1.54, 1.807) is 44.2 Å². The summed E-state index contributed by atoms with van der Waals surface area (Å²) in [5, 5.41) is 22.1. The molecule has 180 valence electrons. The Morgan fingerprint density at radius 3 is 2.26 bits per heavy atom. The number of aromatic nitrogens is 2. The molecule has 0 aliphatic carbocycles. The molecule has 8 nitrogen and oxygen atoms in total.